The molecule has 1 atom stereocenters. The van der Waals surface area contributed by atoms with Gasteiger partial charge in [-0.05, 0) is 39.1 Å². The van der Waals surface area contributed by atoms with Crippen LogP contribution in [0.15, 0.2) is 42.6 Å². The molecule has 1 heterocycles. The molecule has 4 heteroatoms. The third-order valence-electron chi connectivity index (χ3n) is 3.74. The molecule has 0 amide bonds. The van der Waals surface area contributed by atoms with E-state index in [0.717, 1.165) is 30.0 Å². The predicted octanol–water partition coefficient (Wildman–Crippen LogP) is 3.09. The Kier molecular flexibility index (Phi) is 5.17. The van der Waals surface area contributed by atoms with Gasteiger partial charge < -0.3 is 15.3 Å². The number of pyridine rings is 1. The lowest BCUT2D eigenvalue weighted by Crippen LogP contribution is -2.22. The SMILES string of the molecule is CCN(Cc1ccccn1)c1ccc(C(C)NC)c(O)c1. The summed E-state index contributed by atoms with van der Waals surface area (Å²) in [6, 6.07) is 11.9. The van der Waals surface area contributed by atoms with Crippen molar-refractivity contribution >= 4 is 5.69 Å². The van der Waals surface area contributed by atoms with Crippen LogP contribution in [0.2, 0.25) is 0 Å². The Morgan fingerprint density at radius 1 is 1.29 bits per heavy atom. The Hall–Kier alpha value is -2.07. The number of rotatable bonds is 6. The summed E-state index contributed by atoms with van der Waals surface area (Å²) in [6.45, 7) is 5.72. The third kappa shape index (κ3) is 3.73. The van der Waals surface area contributed by atoms with Crippen LogP contribution < -0.4 is 10.2 Å². The van der Waals surface area contributed by atoms with E-state index >= 15 is 0 Å². The lowest BCUT2D eigenvalue weighted by molar-refractivity contribution is 0.458. The zero-order valence-corrected chi connectivity index (χ0v) is 12.9. The van der Waals surface area contributed by atoms with Crippen LogP contribution >= 0.6 is 0 Å². The normalized spacial score (nSPS) is 12.1. The first-order valence-corrected chi connectivity index (χ1v) is 7.30. The largest absolute Gasteiger partial charge is 0.508 e. The number of aromatic hydroxyl groups is 1. The zero-order valence-electron chi connectivity index (χ0n) is 12.9. The van der Waals surface area contributed by atoms with E-state index in [9.17, 15) is 5.11 Å². The van der Waals surface area contributed by atoms with Crippen LogP contribution in [-0.4, -0.2) is 23.7 Å². The lowest BCUT2D eigenvalue weighted by Gasteiger charge is -2.24. The van der Waals surface area contributed by atoms with Crippen LogP contribution in [-0.2, 0) is 6.54 Å². The fourth-order valence-electron chi connectivity index (χ4n) is 2.32. The number of nitrogens with zero attached hydrogens (tertiary/aromatic N) is 2. The summed E-state index contributed by atoms with van der Waals surface area (Å²) in [7, 11) is 1.89. The van der Waals surface area contributed by atoms with Crippen molar-refractivity contribution in [2.24, 2.45) is 0 Å². The van der Waals surface area contributed by atoms with Crippen molar-refractivity contribution in [3.63, 3.8) is 0 Å². The minimum atomic E-state index is 0.130. The van der Waals surface area contributed by atoms with Crippen LogP contribution in [0.5, 0.6) is 5.75 Å². The molecule has 0 spiro atoms. The molecule has 0 aliphatic rings. The smallest absolute Gasteiger partial charge is 0.122 e. The van der Waals surface area contributed by atoms with Crippen LogP contribution in [0.25, 0.3) is 0 Å². The first-order valence-electron chi connectivity index (χ1n) is 7.30. The van der Waals surface area contributed by atoms with Crippen molar-refractivity contribution in [2.45, 2.75) is 26.4 Å². The topological polar surface area (TPSA) is 48.4 Å². The van der Waals surface area contributed by atoms with Crippen LogP contribution in [0.3, 0.4) is 0 Å². The molecule has 0 saturated heterocycles. The number of hydrogen-bond donors (Lipinski definition) is 2. The van der Waals surface area contributed by atoms with Gasteiger partial charge in [-0.25, -0.2) is 0 Å². The van der Waals surface area contributed by atoms with Gasteiger partial charge in [0.05, 0.1) is 12.2 Å². The molecule has 2 rings (SSSR count). The average molecular weight is 285 g/mol. The minimum absolute atomic E-state index is 0.130. The molecular formula is C17H23N3O. The Labute approximate surface area is 126 Å². The van der Waals surface area contributed by atoms with Crippen LogP contribution in [0, 0.1) is 0 Å². The van der Waals surface area contributed by atoms with Gasteiger partial charge in [-0.15, -0.1) is 0 Å². The zero-order chi connectivity index (χ0) is 15.2. The van der Waals surface area contributed by atoms with Crippen molar-refractivity contribution in [3.05, 3.63) is 53.9 Å². The third-order valence-corrected chi connectivity index (χ3v) is 3.74. The van der Waals surface area contributed by atoms with E-state index in [0.29, 0.717) is 5.75 Å². The Balaban J connectivity index is 2.21. The van der Waals surface area contributed by atoms with Gasteiger partial charge in [0.2, 0.25) is 0 Å². The van der Waals surface area contributed by atoms with Gasteiger partial charge in [0, 0.05) is 36.1 Å². The molecule has 0 aliphatic heterocycles. The molecule has 2 N–H and O–H groups in total. The summed E-state index contributed by atoms with van der Waals surface area (Å²) in [5.41, 5.74) is 2.94. The molecule has 0 fully saturated rings. The highest BCUT2D eigenvalue weighted by molar-refractivity contribution is 5.54. The standard InChI is InChI=1S/C17H23N3O/c1-4-20(12-14-7-5-6-10-19-14)15-8-9-16(13(2)18-3)17(21)11-15/h5-11,13,18,21H,4,12H2,1-3H3. The van der Waals surface area contributed by atoms with E-state index in [1.807, 2.05) is 44.3 Å². The van der Waals surface area contributed by atoms with Gasteiger partial charge in [-0.1, -0.05) is 12.1 Å². The van der Waals surface area contributed by atoms with Gasteiger partial charge in [0.15, 0.2) is 0 Å². The number of hydrogen-bond acceptors (Lipinski definition) is 4. The molecule has 1 unspecified atom stereocenters. The second kappa shape index (κ2) is 7.09. The minimum Gasteiger partial charge on any atom is -0.508 e. The highest BCUT2D eigenvalue weighted by atomic mass is 16.3. The molecule has 4 nitrogen and oxygen atoms in total. The lowest BCUT2D eigenvalue weighted by atomic mass is 10.1. The number of anilines is 1. The molecule has 1 aromatic carbocycles. The molecule has 112 valence electrons. The summed E-state index contributed by atoms with van der Waals surface area (Å²) < 4.78 is 0. The number of aromatic nitrogens is 1. The Bertz CT molecular complexity index is 572. The fraction of sp³-hybridized carbons (Fsp3) is 0.353. The summed E-state index contributed by atoms with van der Waals surface area (Å²) in [5.74, 6) is 0.328. The molecular weight excluding hydrogens is 262 g/mol. The van der Waals surface area contributed by atoms with Crippen molar-refractivity contribution in [3.8, 4) is 5.75 Å². The Morgan fingerprint density at radius 2 is 2.10 bits per heavy atom. The molecule has 0 bridgehead atoms. The van der Waals surface area contributed by atoms with Crippen molar-refractivity contribution in [1.29, 1.82) is 0 Å². The molecule has 1 aromatic heterocycles. The first kappa shape index (κ1) is 15.3. The summed E-state index contributed by atoms with van der Waals surface area (Å²) in [5, 5.41) is 13.4. The number of phenols is 1. The average Bonchev–Trinajstić information content (AvgIpc) is 2.52. The summed E-state index contributed by atoms with van der Waals surface area (Å²) in [6.07, 6.45) is 1.80. The quantitative estimate of drug-likeness (QED) is 0.856. The second-order valence-electron chi connectivity index (χ2n) is 5.09. The van der Waals surface area contributed by atoms with E-state index in [-0.39, 0.29) is 6.04 Å². The summed E-state index contributed by atoms with van der Waals surface area (Å²) >= 11 is 0. The van der Waals surface area contributed by atoms with Gasteiger partial charge >= 0.3 is 0 Å². The number of benzene rings is 1. The molecule has 0 aliphatic carbocycles. The van der Waals surface area contributed by atoms with E-state index in [1.165, 1.54) is 0 Å². The van der Waals surface area contributed by atoms with Gasteiger partial charge in [0.1, 0.15) is 5.75 Å². The van der Waals surface area contributed by atoms with Crippen LogP contribution in [0.1, 0.15) is 31.1 Å². The molecule has 21 heavy (non-hydrogen) atoms. The Morgan fingerprint density at radius 3 is 2.67 bits per heavy atom. The number of nitrogens with one attached hydrogen (secondary N) is 1. The van der Waals surface area contributed by atoms with Crippen molar-refractivity contribution < 1.29 is 5.11 Å². The number of phenolic OH excluding ortho intramolecular Hbond substituents is 1. The molecule has 2 aromatic rings. The van der Waals surface area contributed by atoms with E-state index in [2.05, 4.69) is 28.2 Å². The van der Waals surface area contributed by atoms with Gasteiger partial charge in [0.25, 0.3) is 0 Å². The van der Waals surface area contributed by atoms with E-state index < -0.39 is 0 Å². The second-order valence-corrected chi connectivity index (χ2v) is 5.09. The highest BCUT2D eigenvalue weighted by Gasteiger charge is 2.12. The maximum Gasteiger partial charge on any atom is 0.122 e. The fourth-order valence-corrected chi connectivity index (χ4v) is 2.32. The van der Waals surface area contributed by atoms with Crippen LogP contribution in [0.4, 0.5) is 5.69 Å². The van der Waals surface area contributed by atoms with Crippen molar-refractivity contribution in [2.75, 3.05) is 18.5 Å². The van der Waals surface area contributed by atoms with Gasteiger partial charge in [-0.2, -0.15) is 0 Å². The van der Waals surface area contributed by atoms with E-state index in [4.69, 9.17) is 0 Å². The monoisotopic (exact) mass is 285 g/mol. The highest BCUT2D eigenvalue weighted by Crippen LogP contribution is 2.29. The maximum atomic E-state index is 10.2. The van der Waals surface area contributed by atoms with Crippen molar-refractivity contribution in [1.82, 2.24) is 10.3 Å². The first-order chi connectivity index (χ1) is 10.2. The predicted molar refractivity (Wildman–Crippen MR) is 86.5 cm³/mol. The van der Waals surface area contributed by atoms with E-state index in [1.54, 1.807) is 6.20 Å². The molecule has 0 saturated carbocycles. The molecule has 0 radical (unpaired) electrons. The maximum absolute atomic E-state index is 10.2. The van der Waals surface area contributed by atoms with Gasteiger partial charge in [-0.3, -0.25) is 4.98 Å². The summed E-state index contributed by atoms with van der Waals surface area (Å²) in [4.78, 5) is 6.55.